The van der Waals surface area contributed by atoms with E-state index in [9.17, 15) is 9.59 Å². The smallest absolute Gasteiger partial charge is 0.227 e. The van der Waals surface area contributed by atoms with Crippen LogP contribution in [-0.2, 0) is 9.59 Å². The predicted octanol–water partition coefficient (Wildman–Crippen LogP) is 4.72. The molecule has 0 radical (unpaired) electrons. The Morgan fingerprint density at radius 1 is 1.04 bits per heavy atom. The lowest BCUT2D eigenvalue weighted by Gasteiger charge is -2.20. The number of hydrogen-bond acceptors (Lipinski definition) is 2. The number of rotatable bonds is 7. The summed E-state index contributed by atoms with van der Waals surface area (Å²) in [5.74, 6) is 0.279. The standard InChI is InChI=1S/C19H28N2O2/c1-2-3-5-13-18(22)20-16-11-8-12-17(14-16)21-19(23)15-9-6-4-7-10-15/h8,11-12,14-15H,2-7,9-10,13H2,1H3,(H,20,22)(H,21,23). The summed E-state index contributed by atoms with van der Waals surface area (Å²) in [6.07, 6.45) is 9.15. The number of benzene rings is 1. The highest BCUT2D eigenvalue weighted by Gasteiger charge is 2.21. The van der Waals surface area contributed by atoms with Crippen LogP contribution in [0.3, 0.4) is 0 Å². The van der Waals surface area contributed by atoms with Gasteiger partial charge in [-0.1, -0.05) is 45.1 Å². The summed E-state index contributed by atoms with van der Waals surface area (Å²) in [6, 6.07) is 7.41. The van der Waals surface area contributed by atoms with Crippen LogP contribution >= 0.6 is 0 Å². The van der Waals surface area contributed by atoms with Crippen molar-refractivity contribution < 1.29 is 9.59 Å². The topological polar surface area (TPSA) is 58.2 Å². The predicted molar refractivity (Wildman–Crippen MR) is 94.4 cm³/mol. The highest BCUT2D eigenvalue weighted by atomic mass is 16.2. The van der Waals surface area contributed by atoms with Crippen molar-refractivity contribution in [3.05, 3.63) is 24.3 Å². The Balaban J connectivity index is 1.86. The fraction of sp³-hybridized carbons (Fsp3) is 0.579. The molecule has 4 nitrogen and oxygen atoms in total. The van der Waals surface area contributed by atoms with Crippen LogP contribution in [0.25, 0.3) is 0 Å². The second-order valence-electron chi connectivity index (χ2n) is 6.41. The van der Waals surface area contributed by atoms with Crippen LogP contribution in [0.5, 0.6) is 0 Å². The molecular formula is C19H28N2O2. The molecule has 1 fully saturated rings. The zero-order chi connectivity index (χ0) is 16.5. The Hall–Kier alpha value is -1.84. The largest absolute Gasteiger partial charge is 0.326 e. The minimum absolute atomic E-state index is 0.0363. The van der Waals surface area contributed by atoms with E-state index in [1.54, 1.807) is 0 Å². The van der Waals surface area contributed by atoms with E-state index in [4.69, 9.17) is 0 Å². The van der Waals surface area contributed by atoms with Gasteiger partial charge in [-0.3, -0.25) is 9.59 Å². The Kier molecular flexibility index (Phi) is 7.11. The van der Waals surface area contributed by atoms with Gasteiger partial charge in [-0.2, -0.15) is 0 Å². The molecule has 0 spiro atoms. The summed E-state index contributed by atoms with van der Waals surface area (Å²) in [5.41, 5.74) is 1.50. The first-order chi connectivity index (χ1) is 11.2. The van der Waals surface area contributed by atoms with Crippen molar-refractivity contribution in [1.29, 1.82) is 0 Å². The van der Waals surface area contributed by atoms with Gasteiger partial charge in [0.15, 0.2) is 0 Å². The minimum Gasteiger partial charge on any atom is -0.326 e. The maximum absolute atomic E-state index is 12.3. The molecule has 4 heteroatoms. The van der Waals surface area contributed by atoms with Crippen LogP contribution in [0, 0.1) is 5.92 Å². The molecule has 23 heavy (non-hydrogen) atoms. The average Bonchev–Trinajstić information content (AvgIpc) is 2.56. The van der Waals surface area contributed by atoms with Crippen LogP contribution < -0.4 is 10.6 Å². The molecule has 126 valence electrons. The van der Waals surface area contributed by atoms with Gasteiger partial charge in [0, 0.05) is 23.7 Å². The summed E-state index contributed by atoms with van der Waals surface area (Å²) in [4.78, 5) is 24.1. The van der Waals surface area contributed by atoms with Gasteiger partial charge in [0.2, 0.25) is 11.8 Å². The fourth-order valence-corrected chi connectivity index (χ4v) is 3.04. The Labute approximate surface area is 139 Å². The first-order valence-corrected chi connectivity index (χ1v) is 8.90. The molecule has 0 aliphatic heterocycles. The van der Waals surface area contributed by atoms with Crippen LogP contribution in [0.4, 0.5) is 11.4 Å². The Bertz CT molecular complexity index is 522. The SMILES string of the molecule is CCCCCC(=O)Nc1cccc(NC(=O)C2CCCCC2)c1. The molecule has 2 amide bonds. The van der Waals surface area contributed by atoms with Crippen molar-refractivity contribution in [1.82, 2.24) is 0 Å². The van der Waals surface area contributed by atoms with Gasteiger partial charge in [0.25, 0.3) is 0 Å². The van der Waals surface area contributed by atoms with Gasteiger partial charge >= 0.3 is 0 Å². The molecule has 1 aliphatic carbocycles. The first-order valence-electron chi connectivity index (χ1n) is 8.90. The second-order valence-corrected chi connectivity index (χ2v) is 6.41. The monoisotopic (exact) mass is 316 g/mol. The highest BCUT2D eigenvalue weighted by Crippen LogP contribution is 2.25. The van der Waals surface area contributed by atoms with Crippen molar-refractivity contribution in [2.45, 2.75) is 64.7 Å². The molecule has 0 heterocycles. The summed E-state index contributed by atoms with van der Waals surface area (Å²) in [7, 11) is 0. The van der Waals surface area contributed by atoms with E-state index in [-0.39, 0.29) is 17.7 Å². The van der Waals surface area contributed by atoms with E-state index in [1.165, 1.54) is 6.42 Å². The highest BCUT2D eigenvalue weighted by molar-refractivity contribution is 5.95. The molecule has 2 rings (SSSR count). The van der Waals surface area contributed by atoms with Crippen LogP contribution in [0.1, 0.15) is 64.7 Å². The number of amides is 2. The number of carbonyl (C=O) groups is 2. The van der Waals surface area contributed by atoms with E-state index >= 15 is 0 Å². The van der Waals surface area contributed by atoms with Gasteiger partial charge in [-0.15, -0.1) is 0 Å². The Morgan fingerprint density at radius 3 is 2.43 bits per heavy atom. The molecule has 2 N–H and O–H groups in total. The minimum atomic E-state index is 0.0363. The van der Waals surface area contributed by atoms with Crippen LogP contribution in [-0.4, -0.2) is 11.8 Å². The first kappa shape index (κ1) is 17.5. The third-order valence-corrected chi connectivity index (χ3v) is 4.40. The molecule has 0 unspecified atom stereocenters. The summed E-state index contributed by atoms with van der Waals surface area (Å²) < 4.78 is 0. The summed E-state index contributed by atoms with van der Waals surface area (Å²) >= 11 is 0. The number of hydrogen-bond donors (Lipinski definition) is 2. The van der Waals surface area contributed by atoms with Crippen LogP contribution in [0.15, 0.2) is 24.3 Å². The molecule has 0 bridgehead atoms. The van der Waals surface area contributed by atoms with Gasteiger partial charge in [0.1, 0.15) is 0 Å². The number of unbranched alkanes of at least 4 members (excludes halogenated alkanes) is 2. The molecule has 1 aromatic carbocycles. The fourth-order valence-electron chi connectivity index (χ4n) is 3.04. The molecule has 1 aromatic rings. The van der Waals surface area contributed by atoms with Gasteiger partial charge < -0.3 is 10.6 Å². The lowest BCUT2D eigenvalue weighted by Crippen LogP contribution is -2.24. The Morgan fingerprint density at radius 2 is 1.74 bits per heavy atom. The molecule has 1 saturated carbocycles. The maximum atomic E-state index is 12.3. The summed E-state index contributed by atoms with van der Waals surface area (Å²) in [6.45, 7) is 2.12. The zero-order valence-corrected chi connectivity index (χ0v) is 14.1. The van der Waals surface area contributed by atoms with E-state index in [0.717, 1.165) is 56.3 Å². The second kappa shape index (κ2) is 9.33. The van der Waals surface area contributed by atoms with Gasteiger partial charge in [0.05, 0.1) is 0 Å². The molecule has 0 saturated heterocycles. The molecule has 0 atom stereocenters. The van der Waals surface area contributed by atoms with Gasteiger partial charge in [-0.25, -0.2) is 0 Å². The third kappa shape index (κ3) is 6.05. The average molecular weight is 316 g/mol. The molecule has 1 aliphatic rings. The van der Waals surface area contributed by atoms with E-state index in [2.05, 4.69) is 17.6 Å². The van der Waals surface area contributed by atoms with Crippen LogP contribution in [0.2, 0.25) is 0 Å². The van der Waals surface area contributed by atoms with Gasteiger partial charge in [-0.05, 0) is 37.5 Å². The van der Waals surface area contributed by atoms with Crippen molar-refractivity contribution in [2.75, 3.05) is 10.6 Å². The lowest BCUT2D eigenvalue weighted by atomic mass is 9.88. The van der Waals surface area contributed by atoms with E-state index < -0.39 is 0 Å². The van der Waals surface area contributed by atoms with Crippen molar-refractivity contribution in [2.24, 2.45) is 5.92 Å². The van der Waals surface area contributed by atoms with Crippen molar-refractivity contribution in [3.63, 3.8) is 0 Å². The summed E-state index contributed by atoms with van der Waals surface area (Å²) in [5, 5.41) is 5.89. The van der Waals surface area contributed by atoms with E-state index in [0.29, 0.717) is 6.42 Å². The number of nitrogens with one attached hydrogen (secondary N) is 2. The lowest BCUT2D eigenvalue weighted by molar-refractivity contribution is -0.120. The van der Waals surface area contributed by atoms with Crippen molar-refractivity contribution >= 4 is 23.2 Å². The maximum Gasteiger partial charge on any atom is 0.227 e. The number of anilines is 2. The quantitative estimate of drug-likeness (QED) is 0.715. The third-order valence-electron chi connectivity index (χ3n) is 4.40. The normalized spacial score (nSPS) is 15.2. The van der Waals surface area contributed by atoms with E-state index in [1.807, 2.05) is 24.3 Å². The van der Waals surface area contributed by atoms with Crippen molar-refractivity contribution in [3.8, 4) is 0 Å². The molecular weight excluding hydrogens is 288 g/mol. The molecule has 0 aromatic heterocycles. The number of carbonyl (C=O) groups excluding carboxylic acids is 2. The zero-order valence-electron chi connectivity index (χ0n) is 14.1.